The summed E-state index contributed by atoms with van der Waals surface area (Å²) in [7, 11) is 1.40. The third-order valence-corrected chi connectivity index (χ3v) is 6.39. The topological polar surface area (TPSA) is 98.2 Å². The zero-order valence-electron chi connectivity index (χ0n) is 18.7. The Morgan fingerprint density at radius 2 is 2.06 bits per heavy atom. The molecule has 0 radical (unpaired) electrons. The molecule has 0 bridgehead atoms. The fourth-order valence-electron chi connectivity index (χ4n) is 4.57. The third-order valence-electron chi connectivity index (χ3n) is 6.39. The van der Waals surface area contributed by atoms with Gasteiger partial charge in [-0.15, -0.1) is 0 Å². The van der Waals surface area contributed by atoms with Gasteiger partial charge in [0.05, 0.1) is 0 Å². The molecule has 7 heteroatoms. The summed E-state index contributed by atoms with van der Waals surface area (Å²) in [6.45, 7) is 6.48. The molecule has 2 N–H and O–H groups in total. The van der Waals surface area contributed by atoms with Gasteiger partial charge < -0.3 is 15.0 Å². The van der Waals surface area contributed by atoms with Gasteiger partial charge in [0.1, 0.15) is 12.1 Å². The number of rotatable bonds is 6. The second-order valence-electron chi connectivity index (χ2n) is 9.03. The van der Waals surface area contributed by atoms with E-state index in [4.69, 9.17) is 4.74 Å². The van der Waals surface area contributed by atoms with Gasteiger partial charge in [0.2, 0.25) is 0 Å². The first-order valence-corrected chi connectivity index (χ1v) is 11.0. The van der Waals surface area contributed by atoms with Crippen LogP contribution in [-0.2, 0) is 16.0 Å². The van der Waals surface area contributed by atoms with Crippen LogP contribution in [0.2, 0.25) is 0 Å². The van der Waals surface area contributed by atoms with Gasteiger partial charge in [0, 0.05) is 30.6 Å². The number of alkyl carbamates (subject to hydrolysis) is 1. The van der Waals surface area contributed by atoms with Crippen LogP contribution in [0.5, 0.6) is 0 Å². The standard InChI is InChI=1S/C24H32N4O3/c1-15(2)18-10-9-16(3)11-22(18)31-24(30)27-21(23(29)28(4)14-25)12-17-13-26-20-8-6-5-7-19(17)20/h5-8,13,15-16,18,21-22,26H,9-12H2,1-4H3,(H,27,30). The lowest BCUT2D eigenvalue weighted by molar-refractivity contribution is -0.129. The van der Waals surface area contributed by atoms with Gasteiger partial charge in [-0.05, 0) is 42.2 Å². The number of nitrogens with zero attached hydrogens (tertiary/aromatic N) is 2. The van der Waals surface area contributed by atoms with Crippen molar-refractivity contribution in [3.8, 4) is 6.19 Å². The number of carbonyl (C=O) groups is 2. The number of carbonyl (C=O) groups excluding carboxylic acids is 2. The number of ether oxygens (including phenoxy) is 1. The predicted molar refractivity (Wildman–Crippen MR) is 119 cm³/mol. The van der Waals surface area contributed by atoms with Crippen LogP contribution in [0.1, 0.15) is 45.6 Å². The molecule has 0 spiro atoms. The molecule has 31 heavy (non-hydrogen) atoms. The predicted octanol–water partition coefficient (Wildman–Crippen LogP) is 4.21. The van der Waals surface area contributed by atoms with Gasteiger partial charge >= 0.3 is 6.09 Å². The normalized spacial score (nSPS) is 22.0. The number of nitriles is 1. The van der Waals surface area contributed by atoms with E-state index in [-0.39, 0.29) is 12.5 Å². The molecule has 1 saturated carbocycles. The second-order valence-corrected chi connectivity index (χ2v) is 9.03. The molecule has 1 aliphatic rings. The maximum absolute atomic E-state index is 12.8. The fourth-order valence-corrected chi connectivity index (χ4v) is 4.57. The molecular weight excluding hydrogens is 392 g/mol. The Labute approximate surface area is 183 Å². The lowest BCUT2D eigenvalue weighted by atomic mass is 9.75. The molecule has 3 rings (SSSR count). The highest BCUT2D eigenvalue weighted by Gasteiger charge is 2.34. The van der Waals surface area contributed by atoms with Gasteiger partial charge in [-0.25, -0.2) is 4.79 Å². The van der Waals surface area contributed by atoms with Crippen molar-refractivity contribution in [2.24, 2.45) is 17.8 Å². The minimum atomic E-state index is -0.894. The number of fused-ring (bicyclic) bond motifs is 1. The van der Waals surface area contributed by atoms with Crippen molar-refractivity contribution in [1.29, 1.82) is 5.26 Å². The number of amides is 2. The summed E-state index contributed by atoms with van der Waals surface area (Å²) >= 11 is 0. The number of hydrogen-bond donors (Lipinski definition) is 2. The minimum Gasteiger partial charge on any atom is -0.446 e. The summed E-state index contributed by atoms with van der Waals surface area (Å²) in [5, 5.41) is 12.9. The van der Waals surface area contributed by atoms with E-state index in [1.54, 1.807) is 0 Å². The molecule has 0 aliphatic heterocycles. The van der Waals surface area contributed by atoms with E-state index >= 15 is 0 Å². The summed E-state index contributed by atoms with van der Waals surface area (Å²) in [5.74, 6) is 0.758. The average molecular weight is 425 g/mol. The van der Waals surface area contributed by atoms with Crippen LogP contribution in [0.15, 0.2) is 30.5 Å². The minimum absolute atomic E-state index is 0.165. The quantitative estimate of drug-likeness (QED) is 0.536. The van der Waals surface area contributed by atoms with Crippen LogP contribution in [-0.4, -0.2) is 41.1 Å². The number of nitrogens with one attached hydrogen (secondary N) is 2. The van der Waals surface area contributed by atoms with Crippen molar-refractivity contribution in [3.63, 3.8) is 0 Å². The maximum atomic E-state index is 12.8. The van der Waals surface area contributed by atoms with Crippen molar-refractivity contribution in [3.05, 3.63) is 36.0 Å². The smallest absolute Gasteiger partial charge is 0.408 e. The van der Waals surface area contributed by atoms with Crippen molar-refractivity contribution in [2.45, 2.75) is 58.6 Å². The van der Waals surface area contributed by atoms with Crippen LogP contribution in [0.3, 0.4) is 0 Å². The van der Waals surface area contributed by atoms with Gasteiger partial charge in [0.25, 0.3) is 5.91 Å². The average Bonchev–Trinajstić information content (AvgIpc) is 3.15. The zero-order valence-corrected chi connectivity index (χ0v) is 18.7. The number of benzene rings is 1. The maximum Gasteiger partial charge on any atom is 0.408 e. The van der Waals surface area contributed by atoms with Crippen molar-refractivity contribution in [1.82, 2.24) is 15.2 Å². The monoisotopic (exact) mass is 424 g/mol. The molecule has 1 aliphatic carbocycles. The summed E-state index contributed by atoms with van der Waals surface area (Å²) in [4.78, 5) is 29.7. The van der Waals surface area contributed by atoms with Crippen LogP contribution in [0.4, 0.5) is 4.79 Å². The summed E-state index contributed by atoms with van der Waals surface area (Å²) in [6, 6.07) is 6.88. The number of aromatic amines is 1. The van der Waals surface area contributed by atoms with Crippen LogP contribution >= 0.6 is 0 Å². The van der Waals surface area contributed by atoms with Crippen molar-refractivity contribution in [2.75, 3.05) is 7.05 Å². The van der Waals surface area contributed by atoms with E-state index in [0.717, 1.165) is 40.6 Å². The first-order valence-electron chi connectivity index (χ1n) is 11.0. The van der Waals surface area contributed by atoms with Crippen molar-refractivity contribution >= 4 is 22.9 Å². The van der Waals surface area contributed by atoms with Crippen LogP contribution in [0, 0.1) is 29.2 Å². The van der Waals surface area contributed by atoms with Gasteiger partial charge in [0.15, 0.2) is 6.19 Å². The molecule has 0 saturated heterocycles. The van der Waals surface area contributed by atoms with E-state index in [9.17, 15) is 14.9 Å². The molecule has 1 aromatic heterocycles. The third kappa shape index (κ3) is 5.38. The molecule has 166 valence electrons. The Hall–Kier alpha value is -3.01. The van der Waals surface area contributed by atoms with Gasteiger partial charge in [-0.1, -0.05) is 45.4 Å². The molecule has 4 unspecified atom stereocenters. The summed E-state index contributed by atoms with van der Waals surface area (Å²) in [5.41, 5.74) is 1.85. The number of hydrogen-bond acceptors (Lipinski definition) is 4. The lowest BCUT2D eigenvalue weighted by Crippen LogP contribution is -2.49. The highest BCUT2D eigenvalue weighted by atomic mass is 16.6. The van der Waals surface area contributed by atoms with E-state index < -0.39 is 18.0 Å². The molecule has 1 aromatic carbocycles. The molecule has 1 fully saturated rings. The van der Waals surface area contributed by atoms with Crippen LogP contribution in [0.25, 0.3) is 10.9 Å². The molecule has 2 amide bonds. The number of H-pyrrole nitrogens is 1. The highest BCUT2D eigenvalue weighted by Crippen LogP contribution is 2.35. The van der Waals surface area contributed by atoms with E-state index in [2.05, 4.69) is 31.1 Å². The van der Waals surface area contributed by atoms with Crippen molar-refractivity contribution < 1.29 is 14.3 Å². The number of para-hydroxylation sites is 1. The molecule has 2 aromatic rings. The Balaban J connectivity index is 1.75. The van der Waals surface area contributed by atoms with Gasteiger partial charge in [-0.3, -0.25) is 9.69 Å². The van der Waals surface area contributed by atoms with Crippen LogP contribution < -0.4 is 5.32 Å². The molecule has 1 heterocycles. The number of aromatic nitrogens is 1. The molecule has 7 nitrogen and oxygen atoms in total. The molecular formula is C24H32N4O3. The van der Waals surface area contributed by atoms with Gasteiger partial charge in [-0.2, -0.15) is 5.26 Å². The van der Waals surface area contributed by atoms with E-state index in [1.165, 1.54) is 7.05 Å². The Bertz CT molecular complexity index is 961. The summed E-state index contributed by atoms with van der Waals surface area (Å²) in [6.07, 6.45) is 6.16. The molecule has 4 atom stereocenters. The first kappa shape index (κ1) is 22.7. The zero-order chi connectivity index (χ0) is 22.5. The Morgan fingerprint density at radius 3 is 2.77 bits per heavy atom. The lowest BCUT2D eigenvalue weighted by Gasteiger charge is -2.36. The fraction of sp³-hybridized carbons (Fsp3) is 0.542. The second kappa shape index (κ2) is 9.86. The largest absolute Gasteiger partial charge is 0.446 e. The Morgan fingerprint density at radius 1 is 1.32 bits per heavy atom. The Kier molecular flexibility index (Phi) is 7.21. The van der Waals surface area contributed by atoms with E-state index in [0.29, 0.717) is 17.8 Å². The summed E-state index contributed by atoms with van der Waals surface area (Å²) < 4.78 is 5.82. The highest BCUT2D eigenvalue weighted by molar-refractivity contribution is 5.89. The first-order chi connectivity index (χ1) is 14.8. The number of likely N-dealkylation sites (N-methyl/N-ethyl adjacent to an activating group) is 1. The SMILES string of the molecule is CC1CCC(C(C)C)C(OC(=O)NC(Cc2c[nH]c3ccccc23)C(=O)N(C)C#N)C1. The van der Waals surface area contributed by atoms with E-state index in [1.807, 2.05) is 36.7 Å².